The first-order valence-electron chi connectivity index (χ1n) is 6.02. The highest BCUT2D eigenvalue weighted by molar-refractivity contribution is 5.94. The number of piperidine rings is 1. The molecule has 1 fully saturated rings. The summed E-state index contributed by atoms with van der Waals surface area (Å²) in [4.78, 5) is 13.3. The Balaban J connectivity index is 2.23. The maximum atomic E-state index is 11.0. The number of hydrogen-bond donors (Lipinski definition) is 2. The van der Waals surface area contributed by atoms with E-state index in [2.05, 4.69) is 11.8 Å². The SMILES string of the molecule is C[C@@H]1CCCN(c2ccc(C(N)=O)cc2N)C1. The molecule has 92 valence electrons. The minimum absolute atomic E-state index is 0.435. The zero-order valence-electron chi connectivity index (χ0n) is 10.1. The Morgan fingerprint density at radius 2 is 2.24 bits per heavy atom. The molecule has 1 heterocycles. The van der Waals surface area contributed by atoms with Crippen LogP contribution in [0.1, 0.15) is 30.1 Å². The molecule has 1 aromatic rings. The zero-order valence-corrected chi connectivity index (χ0v) is 10.1. The van der Waals surface area contributed by atoms with E-state index >= 15 is 0 Å². The van der Waals surface area contributed by atoms with Crippen LogP contribution in [-0.2, 0) is 0 Å². The van der Waals surface area contributed by atoms with Crippen LogP contribution in [-0.4, -0.2) is 19.0 Å². The molecule has 1 aromatic carbocycles. The van der Waals surface area contributed by atoms with Gasteiger partial charge >= 0.3 is 0 Å². The molecule has 1 amide bonds. The van der Waals surface area contributed by atoms with E-state index < -0.39 is 5.91 Å². The van der Waals surface area contributed by atoms with E-state index in [9.17, 15) is 4.79 Å². The molecule has 0 aromatic heterocycles. The van der Waals surface area contributed by atoms with Gasteiger partial charge in [-0.3, -0.25) is 4.79 Å². The van der Waals surface area contributed by atoms with Gasteiger partial charge in [-0.05, 0) is 37.0 Å². The molecule has 1 aliphatic rings. The molecule has 1 atom stereocenters. The van der Waals surface area contributed by atoms with E-state index in [1.54, 1.807) is 12.1 Å². The highest BCUT2D eigenvalue weighted by Crippen LogP contribution is 2.28. The third-order valence-electron chi connectivity index (χ3n) is 3.31. The van der Waals surface area contributed by atoms with Crippen LogP contribution in [0.3, 0.4) is 0 Å². The van der Waals surface area contributed by atoms with Crippen LogP contribution in [0.2, 0.25) is 0 Å². The number of amides is 1. The lowest BCUT2D eigenvalue weighted by atomic mass is 9.99. The lowest BCUT2D eigenvalue weighted by Gasteiger charge is -2.33. The fraction of sp³-hybridized carbons (Fsp3) is 0.462. The Kier molecular flexibility index (Phi) is 3.22. The molecular formula is C13H19N3O. The highest BCUT2D eigenvalue weighted by Gasteiger charge is 2.18. The van der Waals surface area contributed by atoms with E-state index in [-0.39, 0.29) is 0 Å². The van der Waals surface area contributed by atoms with Crippen molar-refractivity contribution >= 4 is 17.3 Å². The van der Waals surface area contributed by atoms with Crippen LogP contribution in [0.25, 0.3) is 0 Å². The molecule has 0 radical (unpaired) electrons. The summed E-state index contributed by atoms with van der Waals surface area (Å²) in [5, 5.41) is 0. The van der Waals surface area contributed by atoms with Gasteiger partial charge in [-0.25, -0.2) is 0 Å². The largest absolute Gasteiger partial charge is 0.397 e. The summed E-state index contributed by atoms with van der Waals surface area (Å²) in [6.45, 7) is 4.31. The van der Waals surface area contributed by atoms with Crippen molar-refractivity contribution in [3.8, 4) is 0 Å². The lowest BCUT2D eigenvalue weighted by Crippen LogP contribution is -2.34. The number of nitrogen functional groups attached to an aromatic ring is 1. The smallest absolute Gasteiger partial charge is 0.248 e. The van der Waals surface area contributed by atoms with Gasteiger partial charge in [0.15, 0.2) is 0 Å². The molecule has 17 heavy (non-hydrogen) atoms. The maximum absolute atomic E-state index is 11.0. The fourth-order valence-corrected chi connectivity index (χ4v) is 2.40. The zero-order chi connectivity index (χ0) is 12.4. The second-order valence-electron chi connectivity index (χ2n) is 4.83. The van der Waals surface area contributed by atoms with Gasteiger partial charge in [0, 0.05) is 18.7 Å². The fourth-order valence-electron chi connectivity index (χ4n) is 2.40. The van der Waals surface area contributed by atoms with Crippen molar-refractivity contribution in [3.05, 3.63) is 23.8 Å². The first kappa shape index (κ1) is 11.8. The Bertz CT molecular complexity index is 431. The molecule has 0 bridgehead atoms. The van der Waals surface area contributed by atoms with Crippen LogP contribution in [0.4, 0.5) is 11.4 Å². The third-order valence-corrected chi connectivity index (χ3v) is 3.31. The van der Waals surface area contributed by atoms with Crippen molar-refractivity contribution in [1.29, 1.82) is 0 Å². The van der Waals surface area contributed by atoms with Gasteiger partial charge in [0.2, 0.25) is 5.91 Å². The van der Waals surface area contributed by atoms with E-state index in [0.717, 1.165) is 18.8 Å². The summed E-state index contributed by atoms with van der Waals surface area (Å²) in [6.07, 6.45) is 2.47. The number of carbonyl (C=O) groups is 1. The first-order valence-corrected chi connectivity index (χ1v) is 6.02. The van der Waals surface area contributed by atoms with Crippen molar-refractivity contribution in [2.45, 2.75) is 19.8 Å². The van der Waals surface area contributed by atoms with Crippen LogP contribution >= 0.6 is 0 Å². The first-order chi connectivity index (χ1) is 8.08. The number of benzene rings is 1. The average Bonchev–Trinajstić information content (AvgIpc) is 2.28. The second kappa shape index (κ2) is 4.65. The van der Waals surface area contributed by atoms with Gasteiger partial charge in [0.05, 0.1) is 11.4 Å². The normalized spacial score (nSPS) is 20.3. The lowest BCUT2D eigenvalue weighted by molar-refractivity contribution is 0.100. The van der Waals surface area contributed by atoms with Gasteiger partial charge in [-0.15, -0.1) is 0 Å². The molecule has 2 rings (SSSR count). The molecule has 4 nitrogen and oxygen atoms in total. The van der Waals surface area contributed by atoms with Crippen molar-refractivity contribution in [3.63, 3.8) is 0 Å². The summed E-state index contributed by atoms with van der Waals surface area (Å²) < 4.78 is 0. The molecule has 4 heteroatoms. The summed E-state index contributed by atoms with van der Waals surface area (Å²) in [6, 6.07) is 5.30. The highest BCUT2D eigenvalue weighted by atomic mass is 16.1. The number of rotatable bonds is 2. The molecule has 4 N–H and O–H groups in total. The number of primary amides is 1. The second-order valence-corrected chi connectivity index (χ2v) is 4.83. The summed E-state index contributed by atoms with van der Waals surface area (Å²) >= 11 is 0. The molecule has 0 unspecified atom stereocenters. The van der Waals surface area contributed by atoms with Crippen LogP contribution in [0.5, 0.6) is 0 Å². The van der Waals surface area contributed by atoms with Crippen molar-refractivity contribution < 1.29 is 4.79 Å². The Morgan fingerprint density at radius 3 is 2.82 bits per heavy atom. The predicted octanol–water partition coefficient (Wildman–Crippen LogP) is 1.60. The number of anilines is 2. The van der Waals surface area contributed by atoms with Crippen molar-refractivity contribution in [2.75, 3.05) is 23.7 Å². The average molecular weight is 233 g/mol. The van der Waals surface area contributed by atoms with Crippen molar-refractivity contribution in [2.24, 2.45) is 11.7 Å². The predicted molar refractivity (Wildman–Crippen MR) is 70.0 cm³/mol. The van der Waals surface area contributed by atoms with Crippen molar-refractivity contribution in [1.82, 2.24) is 0 Å². The van der Waals surface area contributed by atoms with Crippen LogP contribution in [0, 0.1) is 5.92 Å². The Labute approximate surface area is 102 Å². The minimum Gasteiger partial charge on any atom is -0.397 e. The Morgan fingerprint density at radius 1 is 1.47 bits per heavy atom. The van der Waals surface area contributed by atoms with E-state index in [1.165, 1.54) is 12.8 Å². The Hall–Kier alpha value is -1.71. The van der Waals surface area contributed by atoms with E-state index in [4.69, 9.17) is 11.5 Å². The van der Waals surface area contributed by atoms with E-state index in [1.807, 2.05) is 6.07 Å². The summed E-state index contributed by atoms with van der Waals surface area (Å²) in [7, 11) is 0. The molecule has 1 aliphatic heterocycles. The minimum atomic E-state index is -0.435. The monoisotopic (exact) mass is 233 g/mol. The number of hydrogen-bond acceptors (Lipinski definition) is 3. The quantitative estimate of drug-likeness (QED) is 0.762. The maximum Gasteiger partial charge on any atom is 0.248 e. The third kappa shape index (κ3) is 2.52. The number of nitrogens with two attached hydrogens (primary N) is 2. The standard InChI is InChI=1S/C13H19N3O/c1-9-3-2-6-16(8-9)12-5-4-10(13(15)17)7-11(12)14/h4-5,7,9H,2-3,6,8,14H2,1H3,(H2,15,17)/t9-/m1/s1. The topological polar surface area (TPSA) is 72.3 Å². The molecular weight excluding hydrogens is 214 g/mol. The van der Waals surface area contributed by atoms with Gasteiger partial charge in [-0.1, -0.05) is 6.92 Å². The van der Waals surface area contributed by atoms with Gasteiger partial charge in [0.25, 0.3) is 0 Å². The summed E-state index contributed by atoms with van der Waals surface area (Å²) in [5.41, 5.74) is 13.3. The van der Waals surface area contributed by atoms with Gasteiger partial charge in [0.1, 0.15) is 0 Å². The number of nitrogens with zero attached hydrogens (tertiary/aromatic N) is 1. The molecule has 0 saturated carbocycles. The molecule has 0 spiro atoms. The summed E-state index contributed by atoms with van der Waals surface area (Å²) in [5.74, 6) is 0.259. The van der Waals surface area contributed by atoms with Crippen LogP contribution < -0.4 is 16.4 Å². The number of carbonyl (C=O) groups excluding carboxylic acids is 1. The van der Waals surface area contributed by atoms with Crippen LogP contribution in [0.15, 0.2) is 18.2 Å². The molecule has 0 aliphatic carbocycles. The van der Waals surface area contributed by atoms with Gasteiger partial charge in [-0.2, -0.15) is 0 Å². The van der Waals surface area contributed by atoms with Gasteiger partial charge < -0.3 is 16.4 Å². The van der Waals surface area contributed by atoms with E-state index in [0.29, 0.717) is 17.2 Å². The molecule has 1 saturated heterocycles.